The fourth-order valence-corrected chi connectivity index (χ4v) is 3.83. The quantitative estimate of drug-likeness (QED) is 0.245. The zero-order valence-electron chi connectivity index (χ0n) is 19.9. The van der Waals surface area contributed by atoms with Crippen molar-refractivity contribution < 1.29 is 23.7 Å². The van der Waals surface area contributed by atoms with Crippen LogP contribution in [0.15, 0.2) is 90.8 Å². The first kappa shape index (κ1) is 24.4. The SMILES string of the molecule is C=CCOc1ccc(C(=O)Oc2ccc3c(c2)OC(N)=C(C#N)C3c2ccc(OCCC)cc2)cc1. The van der Waals surface area contributed by atoms with Crippen LogP contribution in [0.25, 0.3) is 0 Å². The standard InChI is InChI=1S/C29H26N2O5/c1-3-15-33-21-9-5-19(6-10-21)27-24-14-13-23(17-26(24)36-28(31)25(27)18-30)35-29(32)20-7-11-22(12-8-20)34-16-4-2/h4-14,17,27H,2-3,15-16,31H2,1H3. The highest BCUT2D eigenvalue weighted by Crippen LogP contribution is 2.43. The number of esters is 1. The number of ether oxygens (including phenoxy) is 4. The van der Waals surface area contributed by atoms with E-state index in [0.717, 1.165) is 23.3 Å². The zero-order valence-corrected chi connectivity index (χ0v) is 19.9. The number of rotatable bonds is 9. The van der Waals surface area contributed by atoms with Crippen molar-refractivity contribution in [1.29, 1.82) is 5.26 Å². The summed E-state index contributed by atoms with van der Waals surface area (Å²) in [5.41, 5.74) is 8.40. The highest BCUT2D eigenvalue weighted by Gasteiger charge is 2.31. The van der Waals surface area contributed by atoms with Gasteiger partial charge in [-0.25, -0.2) is 4.79 Å². The zero-order chi connectivity index (χ0) is 25.5. The summed E-state index contributed by atoms with van der Waals surface area (Å²) in [7, 11) is 0. The van der Waals surface area contributed by atoms with Crippen LogP contribution >= 0.6 is 0 Å². The number of carbonyl (C=O) groups excluding carboxylic acids is 1. The number of hydrogen-bond acceptors (Lipinski definition) is 7. The van der Waals surface area contributed by atoms with Crippen LogP contribution in [0.5, 0.6) is 23.0 Å². The maximum absolute atomic E-state index is 12.7. The molecule has 0 aromatic heterocycles. The number of carbonyl (C=O) groups is 1. The third-order valence-corrected chi connectivity index (χ3v) is 5.55. The van der Waals surface area contributed by atoms with Crippen LogP contribution in [0.3, 0.4) is 0 Å². The first-order valence-electron chi connectivity index (χ1n) is 11.5. The van der Waals surface area contributed by atoms with Crippen molar-refractivity contribution in [2.24, 2.45) is 5.73 Å². The molecule has 0 aliphatic carbocycles. The van der Waals surface area contributed by atoms with Gasteiger partial charge in [0, 0.05) is 11.6 Å². The van der Waals surface area contributed by atoms with Crippen molar-refractivity contribution in [1.82, 2.24) is 0 Å². The molecular formula is C29H26N2O5. The van der Waals surface area contributed by atoms with Gasteiger partial charge in [-0.15, -0.1) is 0 Å². The molecule has 3 aromatic rings. The van der Waals surface area contributed by atoms with E-state index < -0.39 is 11.9 Å². The summed E-state index contributed by atoms with van der Waals surface area (Å²) in [6.07, 6.45) is 2.55. The van der Waals surface area contributed by atoms with Gasteiger partial charge in [-0.05, 0) is 54.4 Å². The largest absolute Gasteiger partial charge is 0.494 e. The molecular weight excluding hydrogens is 456 g/mol. The number of nitrogens with two attached hydrogens (primary N) is 1. The van der Waals surface area contributed by atoms with Gasteiger partial charge in [0.25, 0.3) is 0 Å². The lowest BCUT2D eigenvalue weighted by molar-refractivity contribution is 0.0734. The van der Waals surface area contributed by atoms with Crippen molar-refractivity contribution >= 4 is 5.97 Å². The second-order valence-corrected chi connectivity index (χ2v) is 8.06. The average molecular weight is 483 g/mol. The van der Waals surface area contributed by atoms with E-state index in [2.05, 4.69) is 12.6 Å². The van der Waals surface area contributed by atoms with E-state index >= 15 is 0 Å². The molecule has 0 fully saturated rings. The molecule has 0 spiro atoms. The Morgan fingerprint density at radius 2 is 1.72 bits per heavy atom. The lowest BCUT2D eigenvalue weighted by atomic mass is 9.83. The van der Waals surface area contributed by atoms with Gasteiger partial charge in [0.2, 0.25) is 5.88 Å². The molecule has 0 radical (unpaired) electrons. The monoisotopic (exact) mass is 482 g/mol. The Morgan fingerprint density at radius 1 is 1.06 bits per heavy atom. The molecule has 2 N–H and O–H groups in total. The molecule has 1 heterocycles. The first-order chi connectivity index (χ1) is 17.5. The molecule has 182 valence electrons. The Labute approximate surface area is 210 Å². The maximum atomic E-state index is 12.7. The molecule has 4 rings (SSSR count). The van der Waals surface area contributed by atoms with Crippen molar-refractivity contribution in [3.63, 3.8) is 0 Å². The molecule has 1 aliphatic rings. The maximum Gasteiger partial charge on any atom is 0.343 e. The minimum absolute atomic E-state index is 0.0138. The van der Waals surface area contributed by atoms with E-state index in [0.29, 0.717) is 41.6 Å². The van der Waals surface area contributed by atoms with E-state index in [1.165, 1.54) is 0 Å². The van der Waals surface area contributed by atoms with Gasteiger partial charge >= 0.3 is 5.97 Å². The second kappa shape index (κ2) is 11.2. The summed E-state index contributed by atoms with van der Waals surface area (Å²) in [5, 5.41) is 9.78. The summed E-state index contributed by atoms with van der Waals surface area (Å²) in [5.74, 6) is 1.15. The summed E-state index contributed by atoms with van der Waals surface area (Å²) < 4.78 is 22.4. The van der Waals surface area contributed by atoms with Gasteiger partial charge < -0.3 is 24.7 Å². The van der Waals surface area contributed by atoms with Crippen LogP contribution in [0, 0.1) is 11.3 Å². The molecule has 1 unspecified atom stereocenters. The highest BCUT2D eigenvalue weighted by molar-refractivity contribution is 5.91. The van der Waals surface area contributed by atoms with Gasteiger partial charge in [-0.1, -0.05) is 37.8 Å². The lowest BCUT2D eigenvalue weighted by Crippen LogP contribution is -2.21. The van der Waals surface area contributed by atoms with E-state index in [1.54, 1.807) is 48.5 Å². The van der Waals surface area contributed by atoms with Crippen LogP contribution < -0.4 is 24.7 Å². The Bertz CT molecular complexity index is 1320. The van der Waals surface area contributed by atoms with Crippen LogP contribution in [-0.4, -0.2) is 19.2 Å². The normalized spacial score (nSPS) is 14.2. The predicted molar refractivity (Wildman–Crippen MR) is 135 cm³/mol. The van der Waals surface area contributed by atoms with Gasteiger partial charge in [-0.2, -0.15) is 5.26 Å². The van der Waals surface area contributed by atoms with Gasteiger partial charge in [-0.3, -0.25) is 0 Å². The van der Waals surface area contributed by atoms with Crippen molar-refractivity contribution in [3.8, 4) is 29.1 Å². The minimum Gasteiger partial charge on any atom is -0.494 e. The lowest BCUT2D eigenvalue weighted by Gasteiger charge is -2.26. The van der Waals surface area contributed by atoms with Gasteiger partial charge in [0.05, 0.1) is 18.1 Å². The predicted octanol–water partition coefficient (Wildman–Crippen LogP) is 5.48. The van der Waals surface area contributed by atoms with Crippen LogP contribution in [0.1, 0.15) is 40.7 Å². The molecule has 3 aromatic carbocycles. The number of nitriles is 1. The molecule has 7 heteroatoms. The third-order valence-electron chi connectivity index (χ3n) is 5.55. The summed E-state index contributed by atoms with van der Waals surface area (Å²) in [6, 6.07) is 21.4. The summed E-state index contributed by atoms with van der Waals surface area (Å²) in [4.78, 5) is 12.7. The number of benzene rings is 3. The summed E-state index contributed by atoms with van der Waals surface area (Å²) >= 11 is 0. The van der Waals surface area contributed by atoms with Crippen LogP contribution in [-0.2, 0) is 0 Å². The second-order valence-electron chi connectivity index (χ2n) is 8.06. The number of allylic oxidation sites excluding steroid dienone is 1. The number of nitrogens with zero attached hydrogens (tertiary/aromatic N) is 1. The average Bonchev–Trinajstić information content (AvgIpc) is 2.90. The molecule has 1 atom stereocenters. The molecule has 0 bridgehead atoms. The van der Waals surface area contributed by atoms with Gasteiger partial charge in [0.15, 0.2) is 0 Å². The van der Waals surface area contributed by atoms with Gasteiger partial charge in [0.1, 0.15) is 41.2 Å². The minimum atomic E-state index is -0.526. The van der Waals surface area contributed by atoms with Crippen molar-refractivity contribution in [2.75, 3.05) is 13.2 Å². The molecule has 0 amide bonds. The fraction of sp³-hybridized carbons (Fsp3) is 0.172. The number of hydrogen-bond donors (Lipinski definition) is 1. The molecule has 36 heavy (non-hydrogen) atoms. The number of fused-ring (bicyclic) bond motifs is 1. The molecule has 0 saturated heterocycles. The molecule has 1 aliphatic heterocycles. The Kier molecular flexibility index (Phi) is 7.57. The third kappa shape index (κ3) is 5.34. The topological polar surface area (TPSA) is 104 Å². The van der Waals surface area contributed by atoms with Crippen molar-refractivity contribution in [2.45, 2.75) is 19.3 Å². The molecule has 0 saturated carbocycles. The van der Waals surface area contributed by atoms with E-state index in [9.17, 15) is 10.1 Å². The smallest absolute Gasteiger partial charge is 0.343 e. The van der Waals surface area contributed by atoms with Crippen molar-refractivity contribution in [3.05, 3.63) is 108 Å². The Hall–Kier alpha value is -4.70. The van der Waals surface area contributed by atoms with Crippen LogP contribution in [0.4, 0.5) is 0 Å². The molecule has 7 nitrogen and oxygen atoms in total. The first-order valence-corrected chi connectivity index (χ1v) is 11.5. The van der Waals surface area contributed by atoms with E-state index in [4.69, 9.17) is 24.7 Å². The Morgan fingerprint density at radius 3 is 2.39 bits per heavy atom. The highest BCUT2D eigenvalue weighted by atomic mass is 16.5. The van der Waals surface area contributed by atoms with E-state index in [-0.39, 0.29) is 5.88 Å². The Balaban J connectivity index is 1.56. The van der Waals surface area contributed by atoms with Crippen LogP contribution in [0.2, 0.25) is 0 Å². The van der Waals surface area contributed by atoms with E-state index in [1.807, 2.05) is 31.2 Å². The fourth-order valence-electron chi connectivity index (χ4n) is 3.83. The summed E-state index contributed by atoms with van der Waals surface area (Å²) in [6.45, 7) is 6.66.